The maximum atomic E-state index is 11.9. The second-order valence-corrected chi connectivity index (χ2v) is 5.29. The summed E-state index contributed by atoms with van der Waals surface area (Å²) >= 11 is 0. The molecule has 1 aliphatic heterocycles. The van der Waals surface area contributed by atoms with Gasteiger partial charge in [0, 0.05) is 29.7 Å². The van der Waals surface area contributed by atoms with E-state index in [1.807, 2.05) is 30.5 Å². The van der Waals surface area contributed by atoms with Gasteiger partial charge in [0.05, 0.1) is 0 Å². The Morgan fingerprint density at radius 3 is 2.90 bits per heavy atom. The van der Waals surface area contributed by atoms with Gasteiger partial charge in [0.1, 0.15) is 0 Å². The number of para-hydroxylation sites is 1. The molecule has 1 aliphatic rings. The summed E-state index contributed by atoms with van der Waals surface area (Å²) in [6.45, 7) is 0.840. The largest absolute Gasteiger partial charge is 0.322 e. The predicted molar refractivity (Wildman–Crippen MR) is 86.2 cm³/mol. The normalized spacial score (nSPS) is 13.3. The van der Waals surface area contributed by atoms with Crippen LogP contribution < -0.4 is 5.56 Å². The van der Waals surface area contributed by atoms with Crippen molar-refractivity contribution in [3.63, 3.8) is 0 Å². The molecule has 2 aromatic carbocycles. The van der Waals surface area contributed by atoms with Gasteiger partial charge in [-0.05, 0) is 34.7 Å². The molecule has 0 unspecified atom stereocenters. The number of pyridine rings is 1. The fourth-order valence-corrected chi connectivity index (χ4v) is 2.91. The van der Waals surface area contributed by atoms with E-state index in [4.69, 9.17) is 0 Å². The standard InChI is InChI=1S/C18H14N2O/c21-18-10-16(15-3-1-2-4-17(15)20-18)13-5-6-14-11-19-8-7-12(14)9-13/h1-6,9-11H,7-8H2,(H,20,21). The van der Waals surface area contributed by atoms with Gasteiger partial charge in [0.2, 0.25) is 5.56 Å². The minimum absolute atomic E-state index is 0.0667. The molecular formula is C18H14N2O. The average Bonchev–Trinajstić information content (AvgIpc) is 2.53. The third-order valence-electron chi connectivity index (χ3n) is 3.95. The van der Waals surface area contributed by atoms with Crippen molar-refractivity contribution in [2.24, 2.45) is 4.99 Å². The van der Waals surface area contributed by atoms with E-state index in [0.29, 0.717) is 0 Å². The zero-order valence-corrected chi connectivity index (χ0v) is 11.5. The highest BCUT2D eigenvalue weighted by atomic mass is 16.1. The Morgan fingerprint density at radius 2 is 1.95 bits per heavy atom. The lowest BCUT2D eigenvalue weighted by Gasteiger charge is -2.13. The van der Waals surface area contributed by atoms with E-state index in [-0.39, 0.29) is 5.56 Å². The first-order valence-corrected chi connectivity index (χ1v) is 7.06. The molecular weight excluding hydrogens is 260 g/mol. The number of rotatable bonds is 1. The number of nitrogens with zero attached hydrogens (tertiary/aromatic N) is 1. The number of aliphatic imine (C=N–C) groups is 1. The first-order valence-electron chi connectivity index (χ1n) is 7.06. The fourth-order valence-electron chi connectivity index (χ4n) is 2.91. The van der Waals surface area contributed by atoms with Gasteiger partial charge >= 0.3 is 0 Å². The molecule has 0 radical (unpaired) electrons. The topological polar surface area (TPSA) is 45.2 Å². The molecule has 0 bridgehead atoms. The minimum atomic E-state index is -0.0667. The summed E-state index contributed by atoms with van der Waals surface area (Å²) < 4.78 is 0. The lowest BCUT2D eigenvalue weighted by atomic mass is 9.95. The number of aromatic nitrogens is 1. The van der Waals surface area contributed by atoms with Gasteiger partial charge in [-0.2, -0.15) is 0 Å². The van der Waals surface area contributed by atoms with Gasteiger partial charge in [-0.15, -0.1) is 0 Å². The zero-order valence-electron chi connectivity index (χ0n) is 11.5. The Labute approximate surface area is 122 Å². The second kappa shape index (κ2) is 4.70. The Hall–Kier alpha value is -2.68. The molecule has 3 aromatic rings. The van der Waals surface area contributed by atoms with Gasteiger partial charge in [-0.1, -0.05) is 36.4 Å². The summed E-state index contributed by atoms with van der Waals surface area (Å²) in [5.41, 5.74) is 5.36. The van der Waals surface area contributed by atoms with Crippen molar-refractivity contribution in [2.75, 3.05) is 6.54 Å². The van der Waals surface area contributed by atoms with E-state index in [1.165, 1.54) is 11.1 Å². The summed E-state index contributed by atoms with van der Waals surface area (Å²) in [6.07, 6.45) is 2.89. The van der Waals surface area contributed by atoms with Gasteiger partial charge in [-0.3, -0.25) is 9.79 Å². The molecule has 0 saturated carbocycles. The highest BCUT2D eigenvalue weighted by Crippen LogP contribution is 2.28. The fraction of sp³-hybridized carbons (Fsp3) is 0.111. The molecule has 0 atom stereocenters. The van der Waals surface area contributed by atoms with Crippen LogP contribution >= 0.6 is 0 Å². The van der Waals surface area contributed by atoms with Gasteiger partial charge in [-0.25, -0.2) is 0 Å². The molecule has 1 aromatic heterocycles. The van der Waals surface area contributed by atoms with Gasteiger partial charge in [0.25, 0.3) is 0 Å². The molecule has 1 N–H and O–H groups in total. The predicted octanol–water partition coefficient (Wildman–Crippen LogP) is 3.17. The SMILES string of the molecule is O=c1cc(-c2ccc3c(c2)CCN=C3)c2ccccc2[nH]1. The molecule has 102 valence electrons. The quantitative estimate of drug-likeness (QED) is 0.728. The molecule has 0 saturated heterocycles. The summed E-state index contributed by atoms with van der Waals surface area (Å²) in [4.78, 5) is 19.1. The van der Waals surface area contributed by atoms with Crippen LogP contribution in [-0.2, 0) is 6.42 Å². The van der Waals surface area contributed by atoms with Crippen LogP contribution in [-0.4, -0.2) is 17.7 Å². The van der Waals surface area contributed by atoms with Crippen LogP contribution in [0, 0.1) is 0 Å². The molecule has 3 nitrogen and oxygen atoms in total. The second-order valence-electron chi connectivity index (χ2n) is 5.29. The van der Waals surface area contributed by atoms with Crippen molar-refractivity contribution in [2.45, 2.75) is 6.42 Å². The van der Waals surface area contributed by atoms with Crippen LogP contribution in [0.5, 0.6) is 0 Å². The average molecular weight is 274 g/mol. The van der Waals surface area contributed by atoms with Crippen LogP contribution in [0.15, 0.2) is 58.3 Å². The lowest BCUT2D eigenvalue weighted by molar-refractivity contribution is 0.953. The first kappa shape index (κ1) is 12.1. The van der Waals surface area contributed by atoms with E-state index in [2.05, 4.69) is 28.2 Å². The molecule has 0 spiro atoms. The summed E-state index contributed by atoms with van der Waals surface area (Å²) in [5, 5.41) is 1.07. The van der Waals surface area contributed by atoms with E-state index < -0.39 is 0 Å². The number of nitrogens with one attached hydrogen (secondary N) is 1. The number of aromatic amines is 1. The van der Waals surface area contributed by atoms with Crippen LogP contribution in [0.2, 0.25) is 0 Å². The molecule has 0 aliphatic carbocycles. The van der Waals surface area contributed by atoms with Crippen LogP contribution in [0.3, 0.4) is 0 Å². The zero-order chi connectivity index (χ0) is 14.2. The van der Waals surface area contributed by atoms with E-state index >= 15 is 0 Å². The van der Waals surface area contributed by atoms with Crippen LogP contribution in [0.4, 0.5) is 0 Å². The molecule has 21 heavy (non-hydrogen) atoms. The van der Waals surface area contributed by atoms with Crippen molar-refractivity contribution in [1.82, 2.24) is 4.98 Å². The molecule has 4 rings (SSSR count). The summed E-state index contributed by atoms with van der Waals surface area (Å²) in [6, 6.07) is 15.9. The number of hydrogen-bond acceptors (Lipinski definition) is 2. The Morgan fingerprint density at radius 1 is 1.05 bits per heavy atom. The Kier molecular flexibility index (Phi) is 2.71. The first-order chi connectivity index (χ1) is 10.3. The van der Waals surface area contributed by atoms with Crippen LogP contribution in [0.25, 0.3) is 22.0 Å². The number of fused-ring (bicyclic) bond motifs is 2. The molecule has 0 fully saturated rings. The minimum Gasteiger partial charge on any atom is -0.322 e. The number of hydrogen-bond donors (Lipinski definition) is 1. The van der Waals surface area contributed by atoms with Crippen molar-refractivity contribution in [1.29, 1.82) is 0 Å². The Balaban J connectivity index is 1.98. The highest BCUT2D eigenvalue weighted by molar-refractivity contribution is 5.95. The smallest absolute Gasteiger partial charge is 0.249 e. The molecule has 3 heteroatoms. The van der Waals surface area contributed by atoms with Gasteiger partial charge < -0.3 is 4.98 Å². The maximum Gasteiger partial charge on any atom is 0.249 e. The third kappa shape index (κ3) is 2.07. The van der Waals surface area contributed by atoms with Gasteiger partial charge in [0.15, 0.2) is 0 Å². The van der Waals surface area contributed by atoms with E-state index in [0.717, 1.165) is 35.0 Å². The third-order valence-corrected chi connectivity index (χ3v) is 3.95. The molecule has 0 amide bonds. The number of H-pyrrole nitrogens is 1. The summed E-state index contributed by atoms with van der Waals surface area (Å²) in [7, 11) is 0. The van der Waals surface area contributed by atoms with E-state index in [1.54, 1.807) is 6.07 Å². The maximum absolute atomic E-state index is 11.9. The van der Waals surface area contributed by atoms with Crippen molar-refractivity contribution >= 4 is 17.1 Å². The Bertz CT molecular complexity index is 922. The molecule has 2 heterocycles. The highest BCUT2D eigenvalue weighted by Gasteiger charge is 2.10. The van der Waals surface area contributed by atoms with Crippen molar-refractivity contribution in [3.8, 4) is 11.1 Å². The summed E-state index contributed by atoms with van der Waals surface area (Å²) in [5.74, 6) is 0. The number of benzene rings is 2. The van der Waals surface area contributed by atoms with Crippen LogP contribution in [0.1, 0.15) is 11.1 Å². The monoisotopic (exact) mass is 274 g/mol. The lowest BCUT2D eigenvalue weighted by Crippen LogP contribution is -2.06. The van der Waals surface area contributed by atoms with Crippen molar-refractivity contribution in [3.05, 3.63) is 70.0 Å². The van der Waals surface area contributed by atoms with E-state index in [9.17, 15) is 4.79 Å². The van der Waals surface area contributed by atoms with Crippen molar-refractivity contribution < 1.29 is 0 Å².